The van der Waals surface area contributed by atoms with Gasteiger partial charge in [0.05, 0.1) is 0 Å². The maximum atomic E-state index is 11.9. The second-order valence-corrected chi connectivity index (χ2v) is 11.8. The Kier molecular flexibility index (Phi) is 11.3. The van der Waals surface area contributed by atoms with E-state index in [9.17, 15) is 9.90 Å². The molecule has 0 fully saturated rings. The van der Waals surface area contributed by atoms with Crippen molar-refractivity contribution in [1.82, 2.24) is 15.3 Å². The van der Waals surface area contributed by atoms with Crippen molar-refractivity contribution in [3.05, 3.63) is 130 Å². The summed E-state index contributed by atoms with van der Waals surface area (Å²) >= 11 is 3.42. The van der Waals surface area contributed by atoms with Crippen molar-refractivity contribution in [2.75, 3.05) is 0 Å². The minimum Gasteiger partial charge on any atom is -0.480 e. The smallest absolute Gasteiger partial charge is 0.321 e. The van der Waals surface area contributed by atoms with E-state index in [2.05, 4.69) is 31.2 Å². The molecule has 8 nitrogen and oxygen atoms in total. The maximum absolute atomic E-state index is 11.9. The highest BCUT2D eigenvalue weighted by atomic mass is 79.9. The van der Waals surface area contributed by atoms with Crippen molar-refractivity contribution in [2.45, 2.75) is 62.3 Å². The molecule has 2 heterocycles. The van der Waals surface area contributed by atoms with Gasteiger partial charge in [-0.3, -0.25) is 14.8 Å². The first-order valence-electron chi connectivity index (χ1n) is 14.1. The van der Waals surface area contributed by atoms with Crippen LogP contribution in [-0.2, 0) is 36.1 Å². The molecule has 0 aliphatic carbocycles. The Morgan fingerprint density at radius 2 is 1.31 bits per heavy atom. The van der Waals surface area contributed by atoms with Crippen LogP contribution in [0.2, 0.25) is 0 Å². The lowest BCUT2D eigenvalue weighted by Gasteiger charge is -2.35. The molecule has 2 aromatic heterocycles. The standard InChI is InChI=1S/C33H39BrN6O2/c34-26-13-9-23(10-14-26)17-31(32(41)42)40-22-24-7-11-25(12-8-24)33(37,20-27(35)18-29-5-1-3-15-38-29)21-28(36)19-30-6-2-4-16-39-30/h1-16,27-28,31,40H,17-22,35-37H2,(H,41,42)/t27?,28?,31-,33?/m1/s1. The number of hydrogen-bond donors (Lipinski definition) is 5. The molecule has 4 rings (SSSR count). The van der Waals surface area contributed by atoms with Gasteiger partial charge in [0.2, 0.25) is 0 Å². The predicted octanol–water partition coefficient (Wildman–Crippen LogP) is 4.10. The number of carboxylic acids is 1. The summed E-state index contributed by atoms with van der Waals surface area (Å²) in [5.74, 6) is -0.890. The van der Waals surface area contributed by atoms with Crippen LogP contribution in [0, 0.1) is 0 Å². The average Bonchev–Trinajstić information content (AvgIpc) is 2.97. The molecular formula is C33H39BrN6O2. The molecule has 0 amide bonds. The Hall–Kier alpha value is -3.47. The van der Waals surface area contributed by atoms with E-state index in [0.717, 1.165) is 32.6 Å². The fourth-order valence-corrected chi connectivity index (χ4v) is 5.54. The fourth-order valence-electron chi connectivity index (χ4n) is 5.27. The van der Waals surface area contributed by atoms with Crippen molar-refractivity contribution in [3.63, 3.8) is 0 Å². The van der Waals surface area contributed by atoms with E-state index in [1.165, 1.54) is 0 Å². The Labute approximate surface area is 255 Å². The summed E-state index contributed by atoms with van der Waals surface area (Å²) < 4.78 is 0.956. The summed E-state index contributed by atoms with van der Waals surface area (Å²) in [6.45, 7) is 0.406. The first-order chi connectivity index (χ1) is 20.2. The van der Waals surface area contributed by atoms with Gasteiger partial charge >= 0.3 is 5.97 Å². The second-order valence-electron chi connectivity index (χ2n) is 10.9. The zero-order valence-electron chi connectivity index (χ0n) is 23.6. The molecule has 0 aliphatic rings. The predicted molar refractivity (Wildman–Crippen MR) is 169 cm³/mol. The highest BCUT2D eigenvalue weighted by Crippen LogP contribution is 2.30. The molecule has 0 bridgehead atoms. The molecule has 0 radical (unpaired) electrons. The maximum Gasteiger partial charge on any atom is 0.321 e. The van der Waals surface area contributed by atoms with E-state index in [1.54, 1.807) is 12.4 Å². The normalized spacial score (nSPS) is 15.0. The summed E-state index contributed by atoms with van der Waals surface area (Å²) in [6.07, 6.45) is 6.16. The van der Waals surface area contributed by atoms with Gasteiger partial charge in [-0.2, -0.15) is 0 Å². The first kappa shape index (κ1) is 31.5. The lowest BCUT2D eigenvalue weighted by atomic mass is 9.78. The number of halogens is 1. The molecule has 2 aromatic carbocycles. The molecule has 9 heteroatoms. The molecule has 220 valence electrons. The van der Waals surface area contributed by atoms with E-state index in [-0.39, 0.29) is 12.1 Å². The Morgan fingerprint density at radius 3 is 1.79 bits per heavy atom. The van der Waals surface area contributed by atoms with Crippen molar-refractivity contribution in [2.24, 2.45) is 17.2 Å². The minimum absolute atomic E-state index is 0.219. The zero-order chi connectivity index (χ0) is 30.0. The lowest BCUT2D eigenvalue weighted by molar-refractivity contribution is -0.139. The zero-order valence-corrected chi connectivity index (χ0v) is 25.2. The number of nitrogens with zero attached hydrogens (tertiary/aromatic N) is 2. The highest BCUT2D eigenvalue weighted by Gasteiger charge is 2.32. The van der Waals surface area contributed by atoms with Gasteiger partial charge in [-0.25, -0.2) is 0 Å². The Bertz CT molecular complexity index is 1340. The van der Waals surface area contributed by atoms with Gasteiger partial charge in [0.15, 0.2) is 0 Å². The molecule has 0 saturated heterocycles. The van der Waals surface area contributed by atoms with Crippen molar-refractivity contribution in [3.8, 4) is 0 Å². The topological polar surface area (TPSA) is 153 Å². The minimum atomic E-state index is -0.890. The molecule has 4 aromatic rings. The van der Waals surface area contributed by atoms with Gasteiger partial charge in [-0.1, -0.05) is 64.5 Å². The SMILES string of the molecule is NC(Cc1ccccn1)CC(N)(CC(N)Cc1ccccn1)c1ccc(CN[C@H](Cc2ccc(Br)cc2)C(=O)O)cc1. The molecule has 2 unspecified atom stereocenters. The van der Waals surface area contributed by atoms with E-state index in [4.69, 9.17) is 17.2 Å². The van der Waals surface area contributed by atoms with Crippen LogP contribution in [-0.4, -0.2) is 39.2 Å². The quantitative estimate of drug-likeness (QED) is 0.132. The summed E-state index contributed by atoms with van der Waals surface area (Å²) in [5.41, 5.74) is 24.3. The van der Waals surface area contributed by atoms with Crippen LogP contribution >= 0.6 is 15.9 Å². The summed E-state index contributed by atoms with van der Waals surface area (Å²) in [5, 5.41) is 13.0. The van der Waals surface area contributed by atoms with Crippen LogP contribution in [0.15, 0.2) is 102 Å². The number of nitrogens with one attached hydrogen (secondary N) is 1. The van der Waals surface area contributed by atoms with Crippen LogP contribution in [0.5, 0.6) is 0 Å². The molecule has 3 atom stereocenters. The third-order valence-corrected chi connectivity index (χ3v) is 7.91. The number of aromatic nitrogens is 2. The highest BCUT2D eigenvalue weighted by molar-refractivity contribution is 9.10. The number of pyridine rings is 2. The first-order valence-corrected chi connectivity index (χ1v) is 14.9. The van der Waals surface area contributed by atoms with Gasteiger partial charge in [0.1, 0.15) is 6.04 Å². The molecular weight excluding hydrogens is 592 g/mol. The van der Waals surface area contributed by atoms with E-state index in [0.29, 0.717) is 38.6 Å². The van der Waals surface area contributed by atoms with E-state index < -0.39 is 17.6 Å². The van der Waals surface area contributed by atoms with Gasteiger partial charge in [0.25, 0.3) is 0 Å². The second kappa shape index (κ2) is 15.1. The van der Waals surface area contributed by atoms with Crippen LogP contribution in [0.25, 0.3) is 0 Å². The van der Waals surface area contributed by atoms with Crippen LogP contribution < -0.4 is 22.5 Å². The van der Waals surface area contributed by atoms with Gasteiger partial charge < -0.3 is 27.6 Å². The molecule has 8 N–H and O–H groups in total. The third-order valence-electron chi connectivity index (χ3n) is 7.38. The Balaban J connectivity index is 1.46. The van der Waals surface area contributed by atoms with E-state index >= 15 is 0 Å². The molecule has 0 spiro atoms. The number of carboxylic acid groups (broad SMARTS) is 1. The number of rotatable bonds is 15. The van der Waals surface area contributed by atoms with Crippen molar-refractivity contribution >= 4 is 21.9 Å². The van der Waals surface area contributed by atoms with Gasteiger partial charge in [-0.05, 0) is 72.4 Å². The number of benzene rings is 2. The Morgan fingerprint density at radius 1 is 0.786 bits per heavy atom. The largest absolute Gasteiger partial charge is 0.480 e. The summed E-state index contributed by atoms with van der Waals surface area (Å²) in [7, 11) is 0. The average molecular weight is 632 g/mol. The molecule has 0 aliphatic heterocycles. The van der Waals surface area contributed by atoms with Gasteiger partial charge in [0, 0.05) is 65.3 Å². The number of hydrogen-bond acceptors (Lipinski definition) is 7. The number of carbonyl (C=O) groups is 1. The summed E-state index contributed by atoms with van der Waals surface area (Å²) in [4.78, 5) is 20.8. The fraction of sp³-hybridized carbons (Fsp3) is 0.303. The summed E-state index contributed by atoms with van der Waals surface area (Å²) in [6, 6.07) is 26.1. The van der Waals surface area contributed by atoms with Crippen molar-refractivity contribution < 1.29 is 9.90 Å². The molecule has 0 saturated carbocycles. The number of aliphatic carboxylic acids is 1. The lowest BCUT2D eigenvalue weighted by Crippen LogP contribution is -2.47. The third kappa shape index (κ3) is 9.54. The van der Waals surface area contributed by atoms with Gasteiger partial charge in [-0.15, -0.1) is 0 Å². The number of nitrogens with two attached hydrogens (primary N) is 3. The van der Waals surface area contributed by atoms with E-state index in [1.807, 2.05) is 84.9 Å². The monoisotopic (exact) mass is 630 g/mol. The van der Waals surface area contributed by atoms with Crippen LogP contribution in [0.3, 0.4) is 0 Å². The van der Waals surface area contributed by atoms with Crippen LogP contribution in [0.4, 0.5) is 0 Å². The molecule has 42 heavy (non-hydrogen) atoms. The van der Waals surface area contributed by atoms with Crippen LogP contribution in [0.1, 0.15) is 40.9 Å². The van der Waals surface area contributed by atoms with Crippen molar-refractivity contribution in [1.29, 1.82) is 0 Å².